The van der Waals surface area contributed by atoms with Gasteiger partial charge in [0.1, 0.15) is 22.8 Å². The van der Waals surface area contributed by atoms with E-state index in [4.69, 9.17) is 5.73 Å². The van der Waals surface area contributed by atoms with Crippen molar-refractivity contribution in [1.29, 1.82) is 0 Å². The molecule has 0 spiro atoms. The average molecular weight is 491 g/mol. The van der Waals surface area contributed by atoms with Gasteiger partial charge in [-0.3, -0.25) is 19.3 Å². The minimum Gasteiger partial charge on any atom is -0.508 e. The molecule has 182 valence electrons. The Kier molecular flexibility index (Phi) is 5.80. The Morgan fingerprint density at radius 3 is 2.41 bits per heavy atom. The molecule has 0 bridgehead atoms. The molecule has 34 heavy (non-hydrogen) atoms. The Labute approximate surface area is 199 Å². The highest BCUT2D eigenvalue weighted by Gasteiger charge is 2.68. The van der Waals surface area contributed by atoms with Crippen molar-refractivity contribution >= 4 is 35.0 Å². The summed E-state index contributed by atoms with van der Waals surface area (Å²) in [7, 11) is 2.94. The normalized spacial score (nSPS) is 33.1. The number of ketones is 2. The van der Waals surface area contributed by atoms with E-state index in [0.717, 1.165) is 0 Å². The number of aromatic hydroxyl groups is 1. The SMILES string of the molecule is CSC[C@H]1c2cccc(O)c2C(O)=C2C(=O)[C@]3(O)C(O)=C(C(N)=O)C(=O)[C@@H](N(C)C)[C@@H]3[C@@H](O)[C@@H]21. The summed E-state index contributed by atoms with van der Waals surface area (Å²) in [4.78, 5) is 40.4. The first-order chi connectivity index (χ1) is 15.9. The van der Waals surface area contributed by atoms with Crippen LogP contribution < -0.4 is 5.73 Å². The number of phenols is 1. The Bertz CT molecular complexity index is 1180. The van der Waals surface area contributed by atoms with Crippen LogP contribution in [0.25, 0.3) is 5.76 Å². The van der Waals surface area contributed by atoms with E-state index in [1.165, 1.54) is 36.8 Å². The molecular formula is C23H26N2O8S. The second-order valence-electron chi connectivity index (χ2n) is 9.06. The molecular weight excluding hydrogens is 464 g/mol. The summed E-state index contributed by atoms with van der Waals surface area (Å²) in [6.45, 7) is 0. The van der Waals surface area contributed by atoms with Crippen LogP contribution in [0.15, 0.2) is 35.1 Å². The summed E-state index contributed by atoms with van der Waals surface area (Å²) in [6.07, 6.45) is 0.217. The fourth-order valence-electron chi connectivity index (χ4n) is 5.77. The zero-order chi connectivity index (χ0) is 25.3. The smallest absolute Gasteiger partial charge is 0.255 e. The van der Waals surface area contributed by atoms with E-state index in [1.807, 2.05) is 6.26 Å². The first-order valence-electron chi connectivity index (χ1n) is 10.5. The number of thioether (sulfide) groups is 1. The molecule has 1 amide bonds. The number of amides is 1. The van der Waals surface area contributed by atoms with Gasteiger partial charge >= 0.3 is 0 Å². The second-order valence-corrected chi connectivity index (χ2v) is 9.97. The zero-order valence-corrected chi connectivity index (χ0v) is 19.5. The van der Waals surface area contributed by atoms with Crippen LogP contribution in [-0.4, -0.2) is 91.8 Å². The van der Waals surface area contributed by atoms with Crippen LogP contribution in [0.5, 0.6) is 5.75 Å². The van der Waals surface area contributed by atoms with Gasteiger partial charge in [-0.25, -0.2) is 0 Å². The first-order valence-corrected chi connectivity index (χ1v) is 11.9. The van der Waals surface area contributed by atoms with Gasteiger partial charge in [-0.15, -0.1) is 0 Å². The molecule has 4 rings (SSSR count). The number of nitrogens with two attached hydrogens (primary N) is 1. The molecule has 7 N–H and O–H groups in total. The highest BCUT2D eigenvalue weighted by molar-refractivity contribution is 7.98. The number of hydrogen-bond donors (Lipinski definition) is 6. The molecule has 0 unspecified atom stereocenters. The van der Waals surface area contributed by atoms with Crippen molar-refractivity contribution in [2.45, 2.75) is 23.7 Å². The number of likely N-dealkylation sites (N-methyl/N-ethyl adjacent to an activating group) is 1. The Balaban J connectivity index is 2.07. The molecule has 1 aromatic carbocycles. The maximum absolute atomic E-state index is 13.9. The predicted octanol–water partition coefficient (Wildman–Crippen LogP) is -0.161. The predicted molar refractivity (Wildman–Crippen MR) is 123 cm³/mol. The van der Waals surface area contributed by atoms with Crippen LogP contribution in [0.2, 0.25) is 0 Å². The number of fused-ring (bicyclic) bond motifs is 3. The van der Waals surface area contributed by atoms with Crippen molar-refractivity contribution in [3.05, 3.63) is 46.2 Å². The minimum absolute atomic E-state index is 0.00922. The van der Waals surface area contributed by atoms with Gasteiger partial charge in [-0.05, 0) is 32.0 Å². The summed E-state index contributed by atoms with van der Waals surface area (Å²) in [6, 6.07) is 3.20. The quantitative estimate of drug-likeness (QED) is 0.310. The topological polar surface area (TPSA) is 182 Å². The number of rotatable bonds is 4. The largest absolute Gasteiger partial charge is 0.508 e. The number of Topliss-reactive ketones (excluding diaryl/α,β-unsaturated/α-hetero) is 2. The molecule has 0 heterocycles. The van der Waals surface area contributed by atoms with E-state index in [0.29, 0.717) is 11.3 Å². The molecule has 0 aromatic heterocycles. The summed E-state index contributed by atoms with van der Waals surface area (Å²) in [5, 5.41) is 55.7. The van der Waals surface area contributed by atoms with E-state index in [1.54, 1.807) is 12.1 Å². The molecule has 10 nitrogen and oxygen atoms in total. The van der Waals surface area contributed by atoms with Gasteiger partial charge in [-0.1, -0.05) is 12.1 Å². The monoisotopic (exact) mass is 490 g/mol. The third-order valence-corrected chi connectivity index (χ3v) is 7.84. The minimum atomic E-state index is -2.90. The van der Waals surface area contributed by atoms with Crippen LogP contribution in [0.1, 0.15) is 17.0 Å². The standard InChI is InChI=1S/C23H26N2O8S/c1-25(2)16-15-18(28)12-9(7-34-3)8-5-4-6-10(26)11(8)17(27)13(12)20(30)23(15,33)21(31)14(19(16)29)22(24)32/h4-6,9,12,15-16,18,26-28,31,33H,7H2,1-3H3,(H2,24,32)/t9-,12+,15+,16-,18-,23-/m0/s1. The van der Waals surface area contributed by atoms with Gasteiger partial charge in [0.15, 0.2) is 11.4 Å². The van der Waals surface area contributed by atoms with Crippen molar-refractivity contribution in [2.24, 2.45) is 17.6 Å². The fourth-order valence-corrected chi connectivity index (χ4v) is 6.52. The molecule has 0 saturated heterocycles. The molecule has 3 aliphatic carbocycles. The third kappa shape index (κ3) is 2.97. The van der Waals surface area contributed by atoms with Crippen molar-refractivity contribution in [1.82, 2.24) is 4.90 Å². The van der Waals surface area contributed by atoms with Crippen molar-refractivity contribution in [3.8, 4) is 5.75 Å². The van der Waals surface area contributed by atoms with Crippen molar-refractivity contribution < 1.29 is 39.9 Å². The molecule has 11 heteroatoms. The van der Waals surface area contributed by atoms with Gasteiger partial charge in [0.05, 0.1) is 23.6 Å². The molecule has 1 saturated carbocycles. The summed E-state index contributed by atoms with van der Waals surface area (Å²) < 4.78 is 0. The highest BCUT2D eigenvalue weighted by atomic mass is 32.2. The lowest BCUT2D eigenvalue weighted by molar-refractivity contribution is -0.169. The average Bonchev–Trinajstić information content (AvgIpc) is 2.75. The van der Waals surface area contributed by atoms with Gasteiger partial charge in [0, 0.05) is 23.2 Å². The number of aliphatic hydroxyl groups is 4. The lowest BCUT2D eigenvalue weighted by Gasteiger charge is -2.54. The number of primary amides is 1. The summed E-state index contributed by atoms with van der Waals surface area (Å²) >= 11 is 1.41. The van der Waals surface area contributed by atoms with E-state index in [9.17, 15) is 39.9 Å². The second kappa shape index (κ2) is 8.12. The maximum atomic E-state index is 13.9. The summed E-state index contributed by atoms with van der Waals surface area (Å²) in [5.41, 5.74) is 1.56. The lowest BCUT2D eigenvalue weighted by Crippen LogP contribution is -2.70. The lowest BCUT2D eigenvalue weighted by atomic mass is 9.54. The first kappa shape index (κ1) is 24.3. The van der Waals surface area contributed by atoms with Gasteiger partial charge in [0.2, 0.25) is 5.78 Å². The Morgan fingerprint density at radius 1 is 1.21 bits per heavy atom. The van der Waals surface area contributed by atoms with Gasteiger partial charge < -0.3 is 31.3 Å². The maximum Gasteiger partial charge on any atom is 0.255 e. The zero-order valence-electron chi connectivity index (χ0n) is 18.7. The number of nitrogens with zero attached hydrogens (tertiary/aromatic N) is 1. The third-order valence-electron chi connectivity index (χ3n) is 7.14. The van der Waals surface area contributed by atoms with Crippen LogP contribution in [0.4, 0.5) is 0 Å². The fraction of sp³-hybridized carbons (Fsp3) is 0.435. The number of carbonyl (C=O) groups is 3. The number of phenolic OH excluding ortho intramolecular Hbond substituents is 1. The van der Waals surface area contributed by atoms with E-state index < -0.39 is 70.1 Å². The van der Waals surface area contributed by atoms with Crippen LogP contribution >= 0.6 is 11.8 Å². The van der Waals surface area contributed by atoms with Crippen molar-refractivity contribution in [3.63, 3.8) is 0 Å². The van der Waals surface area contributed by atoms with Crippen LogP contribution in [0.3, 0.4) is 0 Å². The number of benzene rings is 1. The number of aliphatic hydroxyl groups excluding tert-OH is 3. The van der Waals surface area contributed by atoms with Gasteiger partial charge in [-0.2, -0.15) is 11.8 Å². The Hall–Kier alpha value is -2.86. The summed E-state index contributed by atoms with van der Waals surface area (Å²) in [5.74, 6) is -8.44. The van der Waals surface area contributed by atoms with Gasteiger partial charge in [0.25, 0.3) is 5.91 Å². The van der Waals surface area contributed by atoms with E-state index in [2.05, 4.69) is 0 Å². The number of hydrogen-bond acceptors (Lipinski definition) is 10. The van der Waals surface area contributed by atoms with Crippen molar-refractivity contribution in [2.75, 3.05) is 26.1 Å². The molecule has 1 aromatic rings. The molecule has 0 aliphatic heterocycles. The molecule has 3 aliphatic rings. The molecule has 1 fully saturated rings. The van der Waals surface area contributed by atoms with Crippen LogP contribution in [0, 0.1) is 11.8 Å². The number of carbonyl (C=O) groups excluding carboxylic acids is 3. The molecule has 0 radical (unpaired) electrons. The van der Waals surface area contributed by atoms with Crippen LogP contribution in [-0.2, 0) is 14.4 Å². The Morgan fingerprint density at radius 2 is 1.85 bits per heavy atom. The highest BCUT2D eigenvalue weighted by Crippen LogP contribution is 2.56. The van der Waals surface area contributed by atoms with E-state index >= 15 is 0 Å². The van der Waals surface area contributed by atoms with E-state index in [-0.39, 0.29) is 16.9 Å². The molecule has 6 atom stereocenters.